The van der Waals surface area contributed by atoms with Gasteiger partial charge >= 0.3 is 12.1 Å². The first-order chi connectivity index (χ1) is 17.0. The van der Waals surface area contributed by atoms with E-state index in [1.54, 1.807) is 4.90 Å². The number of carbonyl (C=O) groups is 3. The number of morpholine rings is 1. The third-order valence-electron chi connectivity index (χ3n) is 7.45. The number of fused-ring (bicyclic) bond motifs is 3. The highest BCUT2D eigenvalue weighted by atomic mass is 16.5. The molecule has 0 aromatic heterocycles. The van der Waals surface area contributed by atoms with Gasteiger partial charge in [0.2, 0.25) is 5.91 Å². The standard InChI is InChI=1S/C27H30N2O6/c30-24(31)15-18-16-34-14-13-29(18)25(32)27(11-5-6-12-27)28-26(33)35-17-23-21-9-3-1-7-19(21)20-8-2-4-10-22(20)23/h1-4,7-10,18,23H,5-6,11-17H2,(H,28,33)(H,30,31). The van der Waals surface area contributed by atoms with Gasteiger partial charge in [-0.15, -0.1) is 0 Å². The van der Waals surface area contributed by atoms with Crippen molar-refractivity contribution >= 4 is 18.0 Å². The quantitative estimate of drug-likeness (QED) is 0.658. The summed E-state index contributed by atoms with van der Waals surface area (Å²) in [6.45, 7) is 1.01. The smallest absolute Gasteiger partial charge is 0.408 e. The van der Waals surface area contributed by atoms with Gasteiger partial charge < -0.3 is 24.8 Å². The third kappa shape index (κ3) is 4.50. The average Bonchev–Trinajstić information content (AvgIpc) is 3.46. The molecule has 3 aliphatic rings. The molecule has 2 aromatic rings. The molecule has 1 aliphatic heterocycles. The van der Waals surface area contributed by atoms with Crippen LogP contribution in [0.25, 0.3) is 11.1 Å². The Morgan fingerprint density at radius 2 is 1.66 bits per heavy atom. The molecule has 2 aliphatic carbocycles. The van der Waals surface area contributed by atoms with Crippen LogP contribution in [0.2, 0.25) is 0 Å². The van der Waals surface area contributed by atoms with E-state index in [-0.39, 0.29) is 31.5 Å². The van der Waals surface area contributed by atoms with E-state index >= 15 is 0 Å². The number of rotatable bonds is 6. The zero-order valence-corrected chi connectivity index (χ0v) is 19.6. The Labute approximate surface area is 204 Å². The second-order valence-corrected chi connectivity index (χ2v) is 9.56. The lowest BCUT2D eigenvalue weighted by atomic mass is 9.94. The summed E-state index contributed by atoms with van der Waals surface area (Å²) in [4.78, 5) is 39.5. The molecule has 2 amide bonds. The van der Waals surface area contributed by atoms with Gasteiger partial charge in [0, 0.05) is 12.5 Å². The highest BCUT2D eigenvalue weighted by molar-refractivity contribution is 5.91. The summed E-state index contributed by atoms with van der Waals surface area (Å²) in [5.41, 5.74) is 3.47. The van der Waals surface area contributed by atoms with Crippen LogP contribution >= 0.6 is 0 Å². The first-order valence-electron chi connectivity index (χ1n) is 12.2. The highest BCUT2D eigenvalue weighted by Gasteiger charge is 2.47. The van der Waals surface area contributed by atoms with Crippen molar-refractivity contribution in [3.05, 3.63) is 59.7 Å². The Morgan fingerprint density at radius 1 is 1.03 bits per heavy atom. The van der Waals surface area contributed by atoms with Gasteiger partial charge in [0.05, 0.1) is 25.7 Å². The Kier molecular flexibility index (Phi) is 6.47. The maximum atomic E-state index is 13.6. The number of hydrogen-bond donors (Lipinski definition) is 2. The number of ether oxygens (including phenoxy) is 2. The minimum absolute atomic E-state index is 0.0671. The lowest BCUT2D eigenvalue weighted by molar-refractivity contribution is -0.151. The fourth-order valence-corrected chi connectivity index (χ4v) is 5.77. The number of amides is 2. The van der Waals surface area contributed by atoms with E-state index in [2.05, 4.69) is 29.6 Å². The predicted molar refractivity (Wildman–Crippen MR) is 128 cm³/mol. The summed E-state index contributed by atoms with van der Waals surface area (Å²) in [6, 6.07) is 15.7. The van der Waals surface area contributed by atoms with Crippen LogP contribution < -0.4 is 5.32 Å². The van der Waals surface area contributed by atoms with E-state index < -0.39 is 23.6 Å². The van der Waals surface area contributed by atoms with Gasteiger partial charge in [-0.25, -0.2) is 4.79 Å². The van der Waals surface area contributed by atoms with Gasteiger partial charge in [-0.1, -0.05) is 61.4 Å². The maximum Gasteiger partial charge on any atom is 0.408 e. The molecule has 1 saturated carbocycles. The van der Waals surface area contributed by atoms with E-state index in [9.17, 15) is 19.5 Å². The average molecular weight is 479 g/mol. The number of carbonyl (C=O) groups excluding carboxylic acids is 2. The highest BCUT2D eigenvalue weighted by Crippen LogP contribution is 2.44. The molecule has 0 spiro atoms. The van der Waals surface area contributed by atoms with Crippen molar-refractivity contribution in [2.24, 2.45) is 0 Å². The Hall–Kier alpha value is -3.39. The van der Waals surface area contributed by atoms with Crippen molar-refractivity contribution < 1.29 is 29.0 Å². The zero-order valence-electron chi connectivity index (χ0n) is 19.6. The lowest BCUT2D eigenvalue weighted by Gasteiger charge is -2.41. The molecule has 0 radical (unpaired) electrons. The number of alkyl carbamates (subject to hydrolysis) is 1. The van der Waals surface area contributed by atoms with Gasteiger partial charge in [-0.2, -0.15) is 0 Å². The second kappa shape index (κ2) is 9.70. The Morgan fingerprint density at radius 3 is 2.29 bits per heavy atom. The SMILES string of the molecule is O=C(O)CC1COCCN1C(=O)C1(NC(=O)OCC2c3ccccc3-c3ccccc32)CCCC1. The molecule has 8 heteroatoms. The summed E-state index contributed by atoms with van der Waals surface area (Å²) in [6.07, 6.45) is 1.82. The number of aliphatic carboxylic acids is 1. The van der Waals surface area contributed by atoms with Crippen molar-refractivity contribution in [1.29, 1.82) is 0 Å². The molecule has 2 fully saturated rings. The summed E-state index contributed by atoms with van der Waals surface area (Å²) in [7, 11) is 0. The van der Waals surface area contributed by atoms with Crippen LogP contribution in [-0.2, 0) is 19.1 Å². The molecule has 1 atom stereocenters. The molecule has 1 heterocycles. The Balaban J connectivity index is 1.29. The number of nitrogens with zero attached hydrogens (tertiary/aromatic N) is 1. The molecule has 1 saturated heterocycles. The lowest BCUT2D eigenvalue weighted by Crippen LogP contribution is -2.62. The molecule has 0 bridgehead atoms. The summed E-state index contributed by atoms with van der Waals surface area (Å²) >= 11 is 0. The molecular formula is C27H30N2O6. The number of carboxylic acid groups (broad SMARTS) is 1. The van der Waals surface area contributed by atoms with Crippen molar-refractivity contribution in [3.63, 3.8) is 0 Å². The van der Waals surface area contributed by atoms with Gasteiger partial charge in [-0.05, 0) is 35.1 Å². The van der Waals surface area contributed by atoms with Crippen LogP contribution in [0, 0.1) is 0 Å². The zero-order chi connectivity index (χ0) is 24.4. The topological polar surface area (TPSA) is 105 Å². The first kappa shape index (κ1) is 23.4. The van der Waals surface area contributed by atoms with Crippen LogP contribution in [0.15, 0.2) is 48.5 Å². The van der Waals surface area contributed by atoms with Gasteiger partial charge in [-0.3, -0.25) is 9.59 Å². The van der Waals surface area contributed by atoms with Crippen LogP contribution in [0.1, 0.15) is 49.1 Å². The van der Waals surface area contributed by atoms with Crippen molar-refractivity contribution in [1.82, 2.24) is 10.2 Å². The fraction of sp³-hybridized carbons (Fsp3) is 0.444. The minimum atomic E-state index is -1.07. The second-order valence-electron chi connectivity index (χ2n) is 9.56. The molecule has 184 valence electrons. The van der Waals surface area contributed by atoms with Crippen molar-refractivity contribution in [3.8, 4) is 11.1 Å². The van der Waals surface area contributed by atoms with E-state index in [1.165, 1.54) is 0 Å². The third-order valence-corrected chi connectivity index (χ3v) is 7.45. The molecular weight excluding hydrogens is 448 g/mol. The van der Waals surface area contributed by atoms with Crippen molar-refractivity contribution in [2.45, 2.75) is 49.6 Å². The fourth-order valence-electron chi connectivity index (χ4n) is 5.77. The molecule has 2 aromatic carbocycles. The predicted octanol–water partition coefficient (Wildman–Crippen LogP) is 3.54. The summed E-state index contributed by atoms with van der Waals surface area (Å²) in [5.74, 6) is -1.29. The number of nitrogens with one attached hydrogen (secondary N) is 1. The van der Waals surface area contributed by atoms with E-state index in [1.807, 2.05) is 24.3 Å². The summed E-state index contributed by atoms with van der Waals surface area (Å²) in [5, 5.41) is 12.2. The van der Waals surface area contributed by atoms with Crippen LogP contribution in [0.4, 0.5) is 4.79 Å². The number of carboxylic acids is 1. The molecule has 1 unspecified atom stereocenters. The molecule has 35 heavy (non-hydrogen) atoms. The normalized spacial score (nSPS) is 20.7. The van der Waals surface area contributed by atoms with Gasteiger partial charge in [0.1, 0.15) is 12.1 Å². The molecule has 5 rings (SSSR count). The van der Waals surface area contributed by atoms with Crippen LogP contribution in [-0.4, -0.2) is 65.9 Å². The van der Waals surface area contributed by atoms with E-state index in [0.717, 1.165) is 35.1 Å². The van der Waals surface area contributed by atoms with Gasteiger partial charge in [0.15, 0.2) is 0 Å². The summed E-state index contributed by atoms with van der Waals surface area (Å²) < 4.78 is 11.1. The maximum absolute atomic E-state index is 13.6. The van der Waals surface area contributed by atoms with Crippen molar-refractivity contribution in [2.75, 3.05) is 26.4 Å². The number of hydrogen-bond acceptors (Lipinski definition) is 5. The van der Waals surface area contributed by atoms with Crippen LogP contribution in [0.5, 0.6) is 0 Å². The van der Waals surface area contributed by atoms with Gasteiger partial charge in [0.25, 0.3) is 0 Å². The monoisotopic (exact) mass is 478 g/mol. The van der Waals surface area contributed by atoms with E-state index in [0.29, 0.717) is 26.0 Å². The Bertz CT molecular complexity index is 1080. The minimum Gasteiger partial charge on any atom is -0.481 e. The molecule has 8 nitrogen and oxygen atoms in total. The number of benzene rings is 2. The van der Waals surface area contributed by atoms with E-state index in [4.69, 9.17) is 9.47 Å². The van der Waals surface area contributed by atoms with Crippen LogP contribution in [0.3, 0.4) is 0 Å². The first-order valence-corrected chi connectivity index (χ1v) is 12.2. The molecule has 2 N–H and O–H groups in total. The largest absolute Gasteiger partial charge is 0.481 e.